The van der Waals surface area contributed by atoms with Crippen LogP contribution in [-0.4, -0.2) is 46.1 Å². The number of rotatable bonds is 5. The van der Waals surface area contributed by atoms with Gasteiger partial charge >= 0.3 is 0 Å². The highest BCUT2D eigenvalue weighted by molar-refractivity contribution is 5.16. The van der Waals surface area contributed by atoms with Gasteiger partial charge in [0.25, 0.3) is 0 Å². The maximum atomic E-state index is 3.43. The van der Waals surface area contributed by atoms with Gasteiger partial charge in [0.15, 0.2) is 0 Å². The summed E-state index contributed by atoms with van der Waals surface area (Å²) in [4.78, 5) is 6.83. The van der Waals surface area contributed by atoms with Gasteiger partial charge in [0.05, 0.1) is 0 Å². The smallest absolute Gasteiger partial charge is 0.0137 e. The summed E-state index contributed by atoms with van der Waals surface area (Å²) < 4.78 is 0. The van der Waals surface area contributed by atoms with Gasteiger partial charge in [-0.1, -0.05) is 135 Å². The van der Waals surface area contributed by atoms with Crippen molar-refractivity contribution in [1.82, 2.24) is 9.80 Å². The number of fused-ring (bicyclic) bond motifs is 7. The van der Waals surface area contributed by atoms with Crippen LogP contribution >= 0.6 is 0 Å². The van der Waals surface area contributed by atoms with Crippen molar-refractivity contribution in [1.29, 1.82) is 0 Å². The van der Waals surface area contributed by atoms with E-state index in [0.717, 1.165) is 95.4 Å². The van der Waals surface area contributed by atoms with E-state index in [1.165, 1.54) is 38.5 Å². The molecule has 2 heteroatoms. The predicted molar refractivity (Wildman–Crippen MR) is 209 cm³/mol. The third kappa shape index (κ3) is 6.35. The van der Waals surface area contributed by atoms with Gasteiger partial charge in [-0.25, -0.2) is 0 Å². The fourth-order valence-corrected chi connectivity index (χ4v) is 17.7. The van der Waals surface area contributed by atoms with E-state index in [-0.39, 0.29) is 0 Å². The highest BCUT2D eigenvalue weighted by atomic mass is 15.3. The standard InChI is InChI=1S/C48H80N2/c1-3-14-33(15-4-1)35-18-11-19-36(30-35)38-21-13-23-40(32-38)50-44-27-10-8-25-42(44)48-46(50)29-28-45-47(48)41-24-7-9-26-43(41)49(45)39-22-12-20-37(31-39)34-16-5-2-6-17-34/h33-48H,1-32H2. The van der Waals surface area contributed by atoms with Crippen LogP contribution in [0.3, 0.4) is 0 Å². The summed E-state index contributed by atoms with van der Waals surface area (Å²) in [5.74, 6) is 10.7. The minimum Gasteiger partial charge on any atom is -0.294 e. The molecule has 0 bridgehead atoms. The molecule has 2 nitrogen and oxygen atoms in total. The van der Waals surface area contributed by atoms with Crippen molar-refractivity contribution in [2.24, 2.45) is 59.2 Å². The second-order valence-electron chi connectivity index (χ2n) is 21.4. The molecule has 50 heavy (non-hydrogen) atoms. The molecule has 0 aromatic carbocycles. The van der Waals surface area contributed by atoms with Crippen LogP contribution in [0, 0.1) is 59.2 Å². The molecular formula is C48H80N2. The van der Waals surface area contributed by atoms with Gasteiger partial charge in [0.2, 0.25) is 0 Å². The average Bonchev–Trinajstić information content (AvgIpc) is 3.72. The number of hydrogen-bond donors (Lipinski definition) is 0. The predicted octanol–water partition coefficient (Wildman–Crippen LogP) is 12.6. The zero-order valence-corrected chi connectivity index (χ0v) is 32.8. The number of hydrogen-bond acceptors (Lipinski definition) is 2. The highest BCUT2D eigenvalue weighted by Crippen LogP contribution is 2.61. The summed E-state index contributed by atoms with van der Waals surface area (Å²) in [5, 5.41) is 0. The van der Waals surface area contributed by atoms with Crippen molar-refractivity contribution in [3.63, 3.8) is 0 Å². The fraction of sp³-hybridized carbons (Fsp3) is 1.00. The lowest BCUT2D eigenvalue weighted by Crippen LogP contribution is -2.53. The van der Waals surface area contributed by atoms with Gasteiger partial charge in [0.1, 0.15) is 0 Å². The van der Waals surface area contributed by atoms with E-state index >= 15 is 0 Å². The molecule has 0 radical (unpaired) electrons. The Balaban J connectivity index is 0.881. The molecule has 8 saturated carbocycles. The zero-order valence-electron chi connectivity index (χ0n) is 32.8. The van der Waals surface area contributed by atoms with Crippen LogP contribution in [0.1, 0.15) is 205 Å². The van der Waals surface area contributed by atoms with Crippen LogP contribution in [0.5, 0.6) is 0 Å². The molecule has 10 rings (SSSR count). The molecular weight excluding hydrogens is 605 g/mol. The molecule has 0 spiro atoms. The monoisotopic (exact) mass is 685 g/mol. The zero-order chi connectivity index (χ0) is 33.0. The molecule has 0 aromatic heterocycles. The van der Waals surface area contributed by atoms with Crippen molar-refractivity contribution in [2.45, 2.75) is 242 Å². The van der Waals surface area contributed by atoms with Crippen LogP contribution in [0.25, 0.3) is 0 Å². The Bertz CT molecular complexity index is 1110. The maximum absolute atomic E-state index is 3.43. The SMILES string of the molecule is C1CCC(C2CCCC(C3CCCC(N4C5CCCCC5C5C6C7CCCCC7N(C7CCCC(C8CCCCC8)C7)C6CCC54)C3)C2)CC1. The first-order chi connectivity index (χ1) is 24.8. The van der Waals surface area contributed by atoms with Crippen molar-refractivity contribution < 1.29 is 0 Å². The maximum Gasteiger partial charge on any atom is 0.0137 e. The molecule has 2 heterocycles. The second kappa shape index (κ2) is 15.2. The van der Waals surface area contributed by atoms with E-state index in [2.05, 4.69) is 9.80 Å². The van der Waals surface area contributed by atoms with Gasteiger partial charge in [-0.2, -0.15) is 0 Å². The van der Waals surface area contributed by atoms with Gasteiger partial charge in [-0.3, -0.25) is 9.80 Å². The summed E-state index contributed by atoms with van der Waals surface area (Å²) in [6.45, 7) is 0. The molecule has 10 fully saturated rings. The third-order valence-corrected chi connectivity index (χ3v) is 19.4. The molecule has 14 atom stereocenters. The minimum absolute atomic E-state index is 0.940. The van der Waals surface area contributed by atoms with Crippen LogP contribution in [-0.2, 0) is 0 Å². The fourth-order valence-electron chi connectivity index (χ4n) is 17.7. The van der Waals surface area contributed by atoms with Gasteiger partial charge in [-0.15, -0.1) is 0 Å². The Kier molecular flexibility index (Phi) is 10.5. The van der Waals surface area contributed by atoms with Crippen molar-refractivity contribution in [2.75, 3.05) is 0 Å². The minimum atomic E-state index is 0.940. The number of nitrogens with zero attached hydrogens (tertiary/aromatic N) is 2. The molecule has 14 unspecified atom stereocenters. The highest BCUT2D eigenvalue weighted by Gasteiger charge is 2.63. The van der Waals surface area contributed by atoms with Crippen molar-refractivity contribution in [3.8, 4) is 0 Å². The Morgan fingerprint density at radius 1 is 0.240 bits per heavy atom. The van der Waals surface area contributed by atoms with Crippen LogP contribution < -0.4 is 0 Å². The van der Waals surface area contributed by atoms with Crippen LogP contribution in [0.15, 0.2) is 0 Å². The average molecular weight is 685 g/mol. The van der Waals surface area contributed by atoms with E-state index in [9.17, 15) is 0 Å². The number of likely N-dealkylation sites (tertiary alicyclic amines) is 2. The molecule has 2 saturated heterocycles. The Labute approximate surface area is 309 Å². The first kappa shape index (κ1) is 34.4. The topological polar surface area (TPSA) is 6.48 Å². The molecule has 282 valence electrons. The van der Waals surface area contributed by atoms with E-state index in [1.807, 2.05) is 0 Å². The van der Waals surface area contributed by atoms with Gasteiger partial charge in [-0.05, 0) is 130 Å². The van der Waals surface area contributed by atoms with E-state index in [0.29, 0.717) is 0 Å². The molecule has 0 aromatic rings. The summed E-state index contributed by atoms with van der Waals surface area (Å²) in [6.07, 6.45) is 50.1. The summed E-state index contributed by atoms with van der Waals surface area (Å²) in [6, 6.07) is 5.73. The first-order valence-electron chi connectivity index (χ1n) is 24.4. The second-order valence-corrected chi connectivity index (χ2v) is 21.4. The molecule has 8 aliphatic carbocycles. The quantitative estimate of drug-likeness (QED) is 0.284. The summed E-state index contributed by atoms with van der Waals surface area (Å²) >= 11 is 0. The lowest BCUT2D eigenvalue weighted by molar-refractivity contribution is 0.00128. The molecule has 2 aliphatic heterocycles. The van der Waals surface area contributed by atoms with E-state index in [4.69, 9.17) is 0 Å². The summed E-state index contributed by atoms with van der Waals surface area (Å²) in [5.41, 5.74) is 0. The third-order valence-electron chi connectivity index (χ3n) is 19.4. The molecule has 10 aliphatic rings. The Morgan fingerprint density at radius 3 is 1.10 bits per heavy atom. The summed E-state index contributed by atoms with van der Waals surface area (Å²) in [7, 11) is 0. The Hall–Kier alpha value is -0.0800. The molecule has 0 N–H and O–H groups in total. The van der Waals surface area contributed by atoms with E-state index in [1.54, 1.807) is 167 Å². The molecule has 0 amide bonds. The van der Waals surface area contributed by atoms with Crippen molar-refractivity contribution >= 4 is 0 Å². The normalized spacial score (nSPS) is 49.9. The Morgan fingerprint density at radius 2 is 0.600 bits per heavy atom. The van der Waals surface area contributed by atoms with Gasteiger partial charge in [0, 0.05) is 36.3 Å². The largest absolute Gasteiger partial charge is 0.294 e. The van der Waals surface area contributed by atoms with Gasteiger partial charge < -0.3 is 0 Å². The van der Waals surface area contributed by atoms with Crippen LogP contribution in [0.2, 0.25) is 0 Å². The van der Waals surface area contributed by atoms with Crippen molar-refractivity contribution in [3.05, 3.63) is 0 Å². The first-order valence-corrected chi connectivity index (χ1v) is 24.4. The lowest BCUT2D eigenvalue weighted by atomic mass is 9.61. The van der Waals surface area contributed by atoms with E-state index < -0.39 is 0 Å². The lowest BCUT2D eigenvalue weighted by Gasteiger charge is -2.49. The van der Waals surface area contributed by atoms with Crippen LogP contribution in [0.4, 0.5) is 0 Å².